The standard InChI is InChI=1S/C36H53BN6O9S2/c37-54-25-32-31(24-53-27-6-4-2-1-3-5-7-27)41-28-9-8-26(22-29(28)42-32)35(47)40-12-15-50-17-19-52-21-20-51-18-16-49-14-10-34(46)43-30(23-33(38)45)36(48)39-11-13-44/h8-9,13,22,27,30H,1-7,10-12,14-21,23-25H2,(H2,38,45)(H,39,48)(H,40,47)(H,43,46)/t30-/m0/s1. The second kappa shape index (κ2) is 27.3. The number of benzene rings is 1. The number of fused-ring (bicyclic) bond motifs is 1. The summed E-state index contributed by atoms with van der Waals surface area (Å²) in [6, 6.07) is 4.22. The Morgan fingerprint density at radius 3 is 2.09 bits per heavy atom. The van der Waals surface area contributed by atoms with Gasteiger partial charge in [0, 0.05) is 35.3 Å². The zero-order valence-electron chi connectivity index (χ0n) is 30.9. The third-order valence-electron chi connectivity index (χ3n) is 8.35. The molecule has 1 aliphatic rings. The molecule has 0 unspecified atom stereocenters. The molecule has 1 aliphatic carbocycles. The van der Waals surface area contributed by atoms with Crippen molar-refractivity contribution in [1.29, 1.82) is 0 Å². The summed E-state index contributed by atoms with van der Waals surface area (Å²) < 4.78 is 21.8. The fraction of sp³-hybridized carbons (Fsp3) is 0.639. The van der Waals surface area contributed by atoms with E-state index in [1.165, 1.54) is 56.6 Å². The Morgan fingerprint density at radius 2 is 1.44 bits per heavy atom. The van der Waals surface area contributed by atoms with Gasteiger partial charge >= 0.3 is 0 Å². The molecule has 15 nitrogen and oxygen atoms in total. The molecule has 296 valence electrons. The van der Waals surface area contributed by atoms with E-state index in [2.05, 4.69) is 16.0 Å². The number of nitrogens with zero attached hydrogens (tertiary/aromatic N) is 2. The highest BCUT2D eigenvalue weighted by Gasteiger charge is 2.22. The van der Waals surface area contributed by atoms with E-state index >= 15 is 0 Å². The topological polar surface area (TPSA) is 210 Å². The van der Waals surface area contributed by atoms with Crippen LogP contribution in [0.2, 0.25) is 0 Å². The summed E-state index contributed by atoms with van der Waals surface area (Å²) in [5, 5.41) is 8.21. The summed E-state index contributed by atoms with van der Waals surface area (Å²) in [5.41, 5.74) is 8.91. The fourth-order valence-electron chi connectivity index (χ4n) is 5.57. The second-order valence-electron chi connectivity index (χ2n) is 12.6. The van der Waals surface area contributed by atoms with E-state index in [4.69, 9.17) is 41.8 Å². The summed E-state index contributed by atoms with van der Waals surface area (Å²) >= 11 is 3.21. The number of carbonyl (C=O) groups is 5. The molecule has 0 bridgehead atoms. The van der Waals surface area contributed by atoms with Gasteiger partial charge in [-0.3, -0.25) is 19.2 Å². The number of hydrogen-bond donors (Lipinski definition) is 4. The highest BCUT2D eigenvalue weighted by atomic mass is 32.2. The van der Waals surface area contributed by atoms with Crippen LogP contribution in [-0.4, -0.2) is 124 Å². The van der Waals surface area contributed by atoms with Gasteiger partial charge < -0.3 is 45.4 Å². The van der Waals surface area contributed by atoms with Gasteiger partial charge in [0.15, 0.2) is 7.12 Å². The third-order valence-corrected chi connectivity index (χ3v) is 10.2. The lowest BCUT2D eigenvalue weighted by molar-refractivity contribution is -0.131. The predicted octanol–water partition coefficient (Wildman–Crippen LogP) is 2.15. The SMILES string of the molecule is [B]SCc1nc2cc(C(=O)NCCOCCOCCOCCOCCC(=O)N[C@@H](CC(N)=O)C(=O)NCC=O)ccc2nc1CSC1CCCCCCC1. The highest BCUT2D eigenvalue weighted by Crippen LogP contribution is 2.30. The summed E-state index contributed by atoms with van der Waals surface area (Å²) in [7, 11) is 5.83. The van der Waals surface area contributed by atoms with Gasteiger partial charge in [-0.25, -0.2) is 21.6 Å². The van der Waals surface area contributed by atoms with Gasteiger partial charge in [-0.2, -0.15) is 11.8 Å². The van der Waals surface area contributed by atoms with Gasteiger partial charge in [0.25, 0.3) is 5.91 Å². The molecule has 4 amide bonds. The number of rotatable bonds is 27. The summed E-state index contributed by atoms with van der Waals surface area (Å²) in [6.45, 7) is 2.45. The summed E-state index contributed by atoms with van der Waals surface area (Å²) in [6.07, 6.45) is 9.17. The minimum absolute atomic E-state index is 0.0439. The minimum Gasteiger partial charge on any atom is -0.379 e. The van der Waals surface area contributed by atoms with Crippen LogP contribution in [0.1, 0.15) is 79.5 Å². The summed E-state index contributed by atoms with van der Waals surface area (Å²) in [5.74, 6) is -0.788. The molecule has 1 fully saturated rings. The Morgan fingerprint density at radius 1 is 0.833 bits per heavy atom. The molecule has 0 spiro atoms. The number of hydrogen-bond acceptors (Lipinski definition) is 13. The van der Waals surface area contributed by atoms with E-state index in [-0.39, 0.29) is 38.7 Å². The fourth-order valence-corrected chi connectivity index (χ4v) is 7.25. The van der Waals surface area contributed by atoms with Crippen molar-refractivity contribution in [2.45, 2.75) is 80.6 Å². The molecule has 1 aromatic carbocycles. The molecule has 0 saturated heterocycles. The van der Waals surface area contributed by atoms with E-state index in [1.807, 2.05) is 17.8 Å². The molecule has 18 heteroatoms. The number of carbonyl (C=O) groups excluding carboxylic acids is 5. The van der Waals surface area contributed by atoms with Crippen LogP contribution in [0.5, 0.6) is 0 Å². The molecular formula is C36H53BN6O9S2. The maximum Gasteiger partial charge on any atom is 0.251 e. The quantitative estimate of drug-likeness (QED) is 0.0582. The first-order valence-electron chi connectivity index (χ1n) is 18.4. The number of nitrogens with two attached hydrogens (primary N) is 1. The van der Waals surface area contributed by atoms with E-state index < -0.39 is 30.2 Å². The number of aromatic nitrogens is 2. The average Bonchev–Trinajstić information content (AvgIpc) is 3.14. The van der Waals surface area contributed by atoms with Crippen LogP contribution in [0, 0.1) is 0 Å². The monoisotopic (exact) mass is 788 g/mol. The number of primary amides is 1. The molecule has 1 saturated carbocycles. The van der Waals surface area contributed by atoms with Gasteiger partial charge in [-0.1, -0.05) is 32.1 Å². The van der Waals surface area contributed by atoms with Crippen molar-refractivity contribution >= 4 is 71.4 Å². The van der Waals surface area contributed by atoms with Gasteiger partial charge in [0.1, 0.15) is 12.3 Å². The maximum absolute atomic E-state index is 12.8. The molecule has 0 aliphatic heterocycles. The first-order valence-corrected chi connectivity index (χ1v) is 20.5. The van der Waals surface area contributed by atoms with Crippen LogP contribution >= 0.6 is 23.4 Å². The molecule has 1 heterocycles. The van der Waals surface area contributed by atoms with Gasteiger partial charge in [0.2, 0.25) is 17.7 Å². The molecule has 1 atom stereocenters. The highest BCUT2D eigenvalue weighted by molar-refractivity contribution is 8.19. The predicted molar refractivity (Wildman–Crippen MR) is 209 cm³/mol. The van der Waals surface area contributed by atoms with Crippen molar-refractivity contribution in [3.05, 3.63) is 35.2 Å². The zero-order chi connectivity index (χ0) is 38.8. The van der Waals surface area contributed by atoms with Gasteiger partial charge in [0.05, 0.1) is 88.2 Å². The van der Waals surface area contributed by atoms with Crippen molar-refractivity contribution in [3.63, 3.8) is 0 Å². The smallest absolute Gasteiger partial charge is 0.251 e. The third kappa shape index (κ3) is 18.4. The lowest BCUT2D eigenvalue weighted by Gasteiger charge is -2.19. The number of ether oxygens (including phenoxy) is 4. The minimum atomic E-state index is -1.17. The number of amides is 4. The van der Waals surface area contributed by atoms with Gasteiger partial charge in [-0.05, 0) is 31.0 Å². The normalized spacial score (nSPS) is 14.1. The van der Waals surface area contributed by atoms with Crippen molar-refractivity contribution in [1.82, 2.24) is 25.9 Å². The molecule has 54 heavy (non-hydrogen) atoms. The van der Waals surface area contributed by atoms with Crippen LogP contribution < -0.4 is 21.7 Å². The number of thioether (sulfide) groups is 1. The Balaban J connectivity index is 1.22. The van der Waals surface area contributed by atoms with Crippen LogP contribution in [0.4, 0.5) is 0 Å². The number of aldehydes is 1. The van der Waals surface area contributed by atoms with Crippen LogP contribution in [0.3, 0.4) is 0 Å². The Bertz CT molecular complexity index is 1470. The Kier molecular flexibility index (Phi) is 22.8. The first-order chi connectivity index (χ1) is 26.3. The molecule has 2 aromatic rings. The van der Waals surface area contributed by atoms with Crippen molar-refractivity contribution in [2.75, 3.05) is 65.9 Å². The Labute approximate surface area is 326 Å². The Hall–Kier alpha value is -3.29. The maximum atomic E-state index is 12.8. The summed E-state index contributed by atoms with van der Waals surface area (Å²) in [4.78, 5) is 68.3. The number of nitrogens with one attached hydrogen (secondary N) is 3. The van der Waals surface area contributed by atoms with E-state index in [9.17, 15) is 24.0 Å². The second-order valence-corrected chi connectivity index (χ2v) is 14.5. The largest absolute Gasteiger partial charge is 0.379 e. The average molecular weight is 789 g/mol. The van der Waals surface area contributed by atoms with E-state index in [0.29, 0.717) is 67.9 Å². The van der Waals surface area contributed by atoms with Crippen molar-refractivity contribution in [3.8, 4) is 0 Å². The van der Waals surface area contributed by atoms with E-state index in [0.717, 1.165) is 22.7 Å². The lowest BCUT2D eigenvalue weighted by Crippen LogP contribution is -2.49. The van der Waals surface area contributed by atoms with Crippen molar-refractivity contribution < 1.29 is 42.9 Å². The van der Waals surface area contributed by atoms with Gasteiger partial charge in [-0.15, -0.1) is 0 Å². The van der Waals surface area contributed by atoms with Crippen LogP contribution in [0.15, 0.2) is 18.2 Å². The zero-order valence-corrected chi connectivity index (χ0v) is 32.5. The lowest BCUT2D eigenvalue weighted by atomic mass is 10.0. The molecule has 3 rings (SSSR count). The molecule has 2 radical (unpaired) electrons. The molecular weight excluding hydrogens is 735 g/mol. The van der Waals surface area contributed by atoms with Crippen LogP contribution in [-0.2, 0) is 49.6 Å². The molecule has 1 aromatic heterocycles. The van der Waals surface area contributed by atoms with E-state index in [1.54, 1.807) is 12.1 Å². The molecule has 5 N–H and O–H groups in total. The first kappa shape index (κ1) is 45.1. The van der Waals surface area contributed by atoms with Crippen LogP contribution in [0.25, 0.3) is 11.0 Å². The van der Waals surface area contributed by atoms with Crippen molar-refractivity contribution in [2.24, 2.45) is 5.73 Å².